The molecule has 108 valence electrons. The Morgan fingerprint density at radius 3 is 2.29 bits per heavy atom. The molecule has 0 aliphatic heterocycles. The summed E-state index contributed by atoms with van der Waals surface area (Å²) < 4.78 is 0. The number of amides is 2. The van der Waals surface area contributed by atoms with Crippen molar-refractivity contribution in [1.29, 1.82) is 0 Å². The number of aromatic nitrogens is 3. The van der Waals surface area contributed by atoms with Crippen LogP contribution in [0.4, 0.5) is 17.3 Å². The normalized spacial score (nSPS) is 13.7. The van der Waals surface area contributed by atoms with Crippen molar-refractivity contribution >= 4 is 29.1 Å². The van der Waals surface area contributed by atoms with Gasteiger partial charge in [-0.25, -0.2) is 0 Å². The fraction of sp³-hybridized carbons (Fsp3) is 0.231. The maximum Gasteiger partial charge on any atom is 0.293 e. The fourth-order valence-corrected chi connectivity index (χ4v) is 1.79. The summed E-state index contributed by atoms with van der Waals surface area (Å²) >= 11 is 0. The summed E-state index contributed by atoms with van der Waals surface area (Å²) in [5, 5.41) is 11.5. The van der Waals surface area contributed by atoms with Crippen LogP contribution in [0.5, 0.6) is 0 Å². The van der Waals surface area contributed by atoms with Crippen LogP contribution in [0.2, 0.25) is 0 Å². The molecule has 1 heterocycles. The second-order valence-corrected chi connectivity index (χ2v) is 4.84. The Balaban J connectivity index is 1.61. The minimum Gasteiger partial charge on any atom is -0.366 e. The molecular weight excluding hydrogens is 272 g/mol. The van der Waals surface area contributed by atoms with Gasteiger partial charge < -0.3 is 16.4 Å². The summed E-state index contributed by atoms with van der Waals surface area (Å²) in [4.78, 5) is 27.2. The van der Waals surface area contributed by atoms with Crippen LogP contribution in [0.1, 0.15) is 23.5 Å². The summed E-state index contributed by atoms with van der Waals surface area (Å²) in [5.74, 6) is -0.184. The predicted molar refractivity (Wildman–Crippen MR) is 76.5 cm³/mol. The highest BCUT2D eigenvalue weighted by atomic mass is 16.2. The number of carbonyl (C=O) groups is 2. The smallest absolute Gasteiger partial charge is 0.293 e. The van der Waals surface area contributed by atoms with E-state index < -0.39 is 5.91 Å². The van der Waals surface area contributed by atoms with Crippen LogP contribution in [-0.2, 0) is 4.79 Å². The summed E-state index contributed by atoms with van der Waals surface area (Å²) in [6, 6.07) is 6.84. The van der Waals surface area contributed by atoms with Crippen molar-refractivity contribution in [2.75, 3.05) is 16.4 Å². The number of hydrogen-bond donors (Lipinski definition) is 4. The van der Waals surface area contributed by atoms with Crippen LogP contribution in [-0.4, -0.2) is 27.0 Å². The Morgan fingerprint density at radius 1 is 1.14 bits per heavy atom. The summed E-state index contributed by atoms with van der Waals surface area (Å²) in [7, 11) is 0. The number of nitrogens with zero attached hydrogens (tertiary/aromatic N) is 2. The van der Waals surface area contributed by atoms with Crippen LogP contribution in [0, 0.1) is 5.92 Å². The van der Waals surface area contributed by atoms with Crippen molar-refractivity contribution < 1.29 is 9.59 Å². The monoisotopic (exact) mass is 286 g/mol. The predicted octanol–water partition coefficient (Wildman–Crippen LogP) is 0.988. The van der Waals surface area contributed by atoms with Gasteiger partial charge in [0.25, 0.3) is 5.91 Å². The Labute approximate surface area is 120 Å². The quantitative estimate of drug-likeness (QED) is 0.666. The van der Waals surface area contributed by atoms with Gasteiger partial charge in [0.1, 0.15) is 0 Å². The average Bonchev–Trinajstić information content (AvgIpc) is 3.23. The first-order valence-electron chi connectivity index (χ1n) is 6.52. The van der Waals surface area contributed by atoms with Gasteiger partial charge in [-0.15, -0.1) is 5.10 Å². The molecular formula is C13H14N6O2. The molecule has 1 aromatic heterocycles. The Bertz CT molecular complexity index is 674. The van der Waals surface area contributed by atoms with Crippen molar-refractivity contribution in [2.24, 2.45) is 5.92 Å². The fourth-order valence-electron chi connectivity index (χ4n) is 1.79. The van der Waals surface area contributed by atoms with Crippen molar-refractivity contribution in [3.05, 3.63) is 30.1 Å². The topological polar surface area (TPSA) is 126 Å². The second kappa shape index (κ2) is 5.23. The summed E-state index contributed by atoms with van der Waals surface area (Å²) in [6.45, 7) is 0. The van der Waals surface area contributed by atoms with Crippen molar-refractivity contribution in [1.82, 2.24) is 15.2 Å². The molecule has 0 atom stereocenters. The maximum absolute atomic E-state index is 11.8. The molecule has 8 nitrogen and oxygen atoms in total. The van der Waals surface area contributed by atoms with Crippen LogP contribution >= 0.6 is 0 Å². The van der Waals surface area contributed by atoms with Gasteiger partial charge in [0, 0.05) is 17.3 Å². The van der Waals surface area contributed by atoms with E-state index in [2.05, 4.69) is 25.8 Å². The van der Waals surface area contributed by atoms with E-state index in [1.165, 1.54) is 0 Å². The van der Waals surface area contributed by atoms with Gasteiger partial charge in [-0.1, -0.05) is 0 Å². The number of nitrogen functional groups attached to an aromatic ring is 1. The van der Waals surface area contributed by atoms with Crippen LogP contribution in [0.3, 0.4) is 0 Å². The maximum atomic E-state index is 11.8. The van der Waals surface area contributed by atoms with E-state index in [9.17, 15) is 9.59 Å². The SMILES string of the molecule is Nc1n[nH]c(C(=O)Nc2ccc(NC(=O)C3CC3)cc2)n1. The number of nitrogens with two attached hydrogens (primary N) is 1. The van der Waals surface area contributed by atoms with Gasteiger partial charge in [0.2, 0.25) is 17.7 Å². The first-order valence-corrected chi connectivity index (χ1v) is 6.52. The number of benzene rings is 1. The van der Waals surface area contributed by atoms with E-state index >= 15 is 0 Å². The average molecular weight is 286 g/mol. The minimum atomic E-state index is -0.436. The van der Waals surface area contributed by atoms with Crippen molar-refractivity contribution in [3.8, 4) is 0 Å². The number of aromatic amines is 1. The largest absolute Gasteiger partial charge is 0.366 e. The lowest BCUT2D eigenvalue weighted by atomic mass is 10.2. The molecule has 2 aromatic rings. The van der Waals surface area contributed by atoms with Gasteiger partial charge in [-0.3, -0.25) is 14.7 Å². The van der Waals surface area contributed by atoms with E-state index in [4.69, 9.17) is 5.73 Å². The molecule has 3 rings (SSSR count). The molecule has 0 saturated heterocycles. The molecule has 1 aromatic carbocycles. The number of nitrogens with one attached hydrogen (secondary N) is 3. The van der Waals surface area contributed by atoms with E-state index in [0.717, 1.165) is 12.8 Å². The van der Waals surface area contributed by atoms with E-state index in [0.29, 0.717) is 11.4 Å². The highest BCUT2D eigenvalue weighted by Crippen LogP contribution is 2.30. The van der Waals surface area contributed by atoms with Gasteiger partial charge >= 0.3 is 0 Å². The van der Waals surface area contributed by atoms with E-state index in [-0.39, 0.29) is 23.6 Å². The van der Waals surface area contributed by atoms with Crippen molar-refractivity contribution in [3.63, 3.8) is 0 Å². The van der Waals surface area contributed by atoms with E-state index in [1.807, 2.05) is 0 Å². The lowest BCUT2D eigenvalue weighted by Gasteiger charge is -2.06. The van der Waals surface area contributed by atoms with Crippen LogP contribution in [0.15, 0.2) is 24.3 Å². The lowest BCUT2D eigenvalue weighted by molar-refractivity contribution is -0.117. The van der Waals surface area contributed by atoms with Gasteiger partial charge in [-0.2, -0.15) is 4.98 Å². The molecule has 8 heteroatoms. The number of H-pyrrole nitrogens is 1. The minimum absolute atomic E-state index is 0.0123. The molecule has 1 aliphatic rings. The first-order chi connectivity index (χ1) is 10.1. The Morgan fingerprint density at radius 2 is 1.76 bits per heavy atom. The molecule has 21 heavy (non-hydrogen) atoms. The molecule has 0 spiro atoms. The molecule has 0 bridgehead atoms. The van der Waals surface area contributed by atoms with Crippen LogP contribution < -0.4 is 16.4 Å². The molecule has 1 aliphatic carbocycles. The third kappa shape index (κ3) is 3.16. The number of carbonyl (C=O) groups excluding carboxylic acids is 2. The standard InChI is InChI=1S/C13H14N6O2/c14-13-17-10(18-19-13)12(21)16-9-5-3-8(4-6-9)15-11(20)7-1-2-7/h3-7H,1-2H2,(H,15,20)(H,16,21)(H3,14,17,18,19). The van der Waals surface area contributed by atoms with E-state index in [1.54, 1.807) is 24.3 Å². The highest BCUT2D eigenvalue weighted by molar-refractivity contribution is 6.02. The van der Waals surface area contributed by atoms with Gasteiger partial charge in [0.05, 0.1) is 0 Å². The summed E-state index contributed by atoms with van der Waals surface area (Å²) in [6.07, 6.45) is 1.92. The first kappa shape index (κ1) is 13.1. The third-order valence-corrected chi connectivity index (χ3v) is 3.08. The van der Waals surface area contributed by atoms with Crippen LogP contribution in [0.25, 0.3) is 0 Å². The molecule has 1 fully saturated rings. The molecule has 0 unspecified atom stereocenters. The molecule has 0 radical (unpaired) electrons. The molecule has 2 amide bonds. The second-order valence-electron chi connectivity index (χ2n) is 4.84. The summed E-state index contributed by atoms with van der Waals surface area (Å²) in [5.41, 5.74) is 6.62. The zero-order valence-electron chi connectivity index (χ0n) is 11.1. The zero-order valence-corrected chi connectivity index (χ0v) is 11.1. The number of hydrogen-bond acceptors (Lipinski definition) is 5. The van der Waals surface area contributed by atoms with Gasteiger partial charge in [-0.05, 0) is 37.1 Å². The number of anilines is 3. The Hall–Kier alpha value is -2.90. The zero-order chi connectivity index (χ0) is 14.8. The highest BCUT2D eigenvalue weighted by Gasteiger charge is 2.29. The molecule has 1 saturated carbocycles. The molecule has 5 N–H and O–H groups in total. The number of rotatable bonds is 4. The van der Waals surface area contributed by atoms with Gasteiger partial charge in [0.15, 0.2) is 0 Å². The lowest BCUT2D eigenvalue weighted by Crippen LogP contribution is -2.15. The van der Waals surface area contributed by atoms with Crippen molar-refractivity contribution in [2.45, 2.75) is 12.8 Å². The third-order valence-electron chi connectivity index (χ3n) is 3.08. The Kier molecular flexibility index (Phi) is 3.27.